The monoisotopic (exact) mass is 320 g/mol. The van der Waals surface area contributed by atoms with Crippen LogP contribution >= 0.6 is 22.6 Å². The molecule has 0 aliphatic heterocycles. The first-order valence-electron chi connectivity index (χ1n) is 6.01. The summed E-state index contributed by atoms with van der Waals surface area (Å²) in [6.45, 7) is 2.19. The molecule has 2 heteroatoms. The zero-order valence-corrected chi connectivity index (χ0v) is 11.9. The third kappa shape index (κ3) is 2.26. The first kappa shape index (κ1) is 11.9. The third-order valence-corrected chi connectivity index (χ3v) is 6.04. The van der Waals surface area contributed by atoms with Crippen molar-refractivity contribution in [3.05, 3.63) is 11.6 Å². The second-order valence-corrected chi connectivity index (χ2v) is 6.34. The molecule has 2 rings (SSSR count). The Morgan fingerprint density at radius 3 is 3.07 bits per heavy atom. The number of alkyl halides is 1. The van der Waals surface area contributed by atoms with Crippen LogP contribution in [0, 0.1) is 11.3 Å². The number of fused-ring (bicyclic) bond motifs is 2. The molecule has 0 aromatic carbocycles. The van der Waals surface area contributed by atoms with Crippen LogP contribution in [-0.2, 0) is 4.74 Å². The van der Waals surface area contributed by atoms with Gasteiger partial charge in [0, 0.05) is 12.5 Å². The summed E-state index contributed by atoms with van der Waals surface area (Å²) in [4.78, 5) is 0. The highest BCUT2D eigenvalue weighted by molar-refractivity contribution is 14.1. The molecule has 0 aromatic heterocycles. The Morgan fingerprint density at radius 2 is 2.40 bits per heavy atom. The van der Waals surface area contributed by atoms with Gasteiger partial charge in [-0.2, -0.15) is 0 Å². The Labute approximate surface area is 107 Å². The smallest absolute Gasteiger partial charge is 0.114 e. The van der Waals surface area contributed by atoms with Crippen LogP contribution in [0.2, 0.25) is 0 Å². The number of halogens is 1. The maximum absolute atomic E-state index is 5.62. The van der Waals surface area contributed by atoms with Crippen molar-refractivity contribution in [2.24, 2.45) is 11.3 Å². The van der Waals surface area contributed by atoms with Crippen molar-refractivity contribution in [1.82, 2.24) is 0 Å². The highest BCUT2D eigenvalue weighted by atomic mass is 127. The maximum Gasteiger partial charge on any atom is 0.114 e. The number of hydrogen-bond acceptors (Lipinski definition) is 1. The second kappa shape index (κ2) is 4.74. The van der Waals surface area contributed by atoms with E-state index in [0.29, 0.717) is 9.53 Å². The first-order valence-corrected chi connectivity index (χ1v) is 7.26. The number of allylic oxidation sites excluding steroid dienone is 2. The lowest BCUT2D eigenvalue weighted by Gasteiger charge is -2.48. The zero-order valence-electron chi connectivity index (χ0n) is 9.76. The van der Waals surface area contributed by atoms with Crippen LogP contribution in [0.4, 0.5) is 0 Å². The lowest BCUT2D eigenvalue weighted by molar-refractivity contribution is 0.00273. The van der Waals surface area contributed by atoms with Crippen molar-refractivity contribution < 1.29 is 4.74 Å². The number of ether oxygens (including phenoxy) is 1. The van der Waals surface area contributed by atoms with E-state index in [4.69, 9.17) is 4.74 Å². The van der Waals surface area contributed by atoms with E-state index in [0.717, 1.165) is 5.92 Å². The summed E-state index contributed by atoms with van der Waals surface area (Å²) < 4.78 is 6.01. The fraction of sp³-hybridized carbons (Fsp3) is 0.846. The van der Waals surface area contributed by atoms with Gasteiger partial charge in [-0.3, -0.25) is 0 Å². The molecular weight excluding hydrogens is 299 g/mol. The van der Waals surface area contributed by atoms with E-state index in [-0.39, 0.29) is 0 Å². The Morgan fingerprint density at radius 1 is 1.60 bits per heavy atom. The molecular formula is C13H21IO. The van der Waals surface area contributed by atoms with E-state index < -0.39 is 0 Å². The van der Waals surface area contributed by atoms with Crippen LogP contribution in [0.3, 0.4) is 0 Å². The van der Waals surface area contributed by atoms with Crippen molar-refractivity contribution in [2.45, 2.75) is 49.6 Å². The van der Waals surface area contributed by atoms with Gasteiger partial charge in [-0.15, -0.1) is 0 Å². The quantitative estimate of drug-likeness (QED) is 0.418. The first-order chi connectivity index (χ1) is 7.20. The summed E-state index contributed by atoms with van der Waals surface area (Å²) in [6, 6.07) is 0. The minimum absolute atomic E-state index is 0.396. The minimum atomic E-state index is 0.396. The molecule has 0 spiro atoms. The van der Waals surface area contributed by atoms with Crippen molar-refractivity contribution in [2.75, 3.05) is 7.11 Å². The van der Waals surface area contributed by atoms with Gasteiger partial charge in [0.25, 0.3) is 0 Å². The largest absolute Gasteiger partial charge is 0.371 e. The fourth-order valence-corrected chi connectivity index (χ4v) is 4.29. The molecule has 1 nitrogen and oxygen atoms in total. The van der Waals surface area contributed by atoms with Gasteiger partial charge in [-0.25, -0.2) is 0 Å². The molecule has 0 N–H and O–H groups in total. The fourth-order valence-electron chi connectivity index (χ4n) is 3.51. The van der Waals surface area contributed by atoms with Crippen LogP contribution in [0.5, 0.6) is 0 Å². The highest BCUT2D eigenvalue weighted by Gasteiger charge is 2.45. The SMILES string of the molecule is C/C=C1/CC2CCC[C@](C(I)OC)(C1)C2. The number of rotatable bonds is 2. The van der Waals surface area contributed by atoms with E-state index in [1.807, 2.05) is 7.11 Å². The Kier molecular flexibility index (Phi) is 3.76. The van der Waals surface area contributed by atoms with Crippen LogP contribution < -0.4 is 0 Å². The van der Waals surface area contributed by atoms with E-state index >= 15 is 0 Å². The Hall–Kier alpha value is 0.430. The molecule has 2 bridgehead atoms. The van der Waals surface area contributed by atoms with Gasteiger partial charge < -0.3 is 4.74 Å². The van der Waals surface area contributed by atoms with E-state index in [9.17, 15) is 0 Å². The van der Waals surface area contributed by atoms with Gasteiger partial charge in [-0.05, 0) is 38.5 Å². The molecule has 0 heterocycles. The van der Waals surface area contributed by atoms with Crippen molar-refractivity contribution in [3.63, 3.8) is 0 Å². The van der Waals surface area contributed by atoms with Gasteiger partial charge in [-0.1, -0.05) is 47.1 Å². The van der Waals surface area contributed by atoms with E-state index in [1.54, 1.807) is 5.57 Å². The molecule has 0 aromatic rings. The molecule has 2 aliphatic rings. The molecule has 3 atom stereocenters. The molecule has 2 unspecified atom stereocenters. The topological polar surface area (TPSA) is 9.23 Å². The summed E-state index contributed by atoms with van der Waals surface area (Å²) in [5.74, 6) is 0.936. The molecule has 15 heavy (non-hydrogen) atoms. The van der Waals surface area contributed by atoms with Gasteiger partial charge >= 0.3 is 0 Å². The maximum atomic E-state index is 5.62. The molecule has 0 amide bonds. The molecule has 0 radical (unpaired) electrons. The predicted molar refractivity (Wildman–Crippen MR) is 72.2 cm³/mol. The van der Waals surface area contributed by atoms with Crippen LogP contribution in [0.1, 0.15) is 45.4 Å². The average Bonchev–Trinajstić information content (AvgIpc) is 2.27. The van der Waals surface area contributed by atoms with Gasteiger partial charge in [0.15, 0.2) is 0 Å². The lowest BCUT2D eigenvalue weighted by Crippen LogP contribution is -2.41. The highest BCUT2D eigenvalue weighted by Crippen LogP contribution is 2.54. The second-order valence-electron chi connectivity index (χ2n) is 5.20. The Bertz CT molecular complexity index is 261. The van der Waals surface area contributed by atoms with E-state index in [1.165, 1.54) is 38.5 Å². The number of methoxy groups -OCH3 is 1. The molecule has 86 valence electrons. The normalized spacial score (nSPS) is 40.5. The summed E-state index contributed by atoms with van der Waals surface area (Å²) >= 11 is 2.50. The summed E-state index contributed by atoms with van der Waals surface area (Å²) in [6.07, 6.45) is 10.6. The van der Waals surface area contributed by atoms with Crippen molar-refractivity contribution in [1.29, 1.82) is 0 Å². The predicted octanol–water partition coefficient (Wildman–Crippen LogP) is 4.31. The van der Waals surface area contributed by atoms with Crippen molar-refractivity contribution in [3.8, 4) is 0 Å². The third-order valence-electron chi connectivity index (χ3n) is 4.21. The lowest BCUT2D eigenvalue weighted by atomic mass is 9.61. The van der Waals surface area contributed by atoms with Crippen LogP contribution in [0.25, 0.3) is 0 Å². The van der Waals surface area contributed by atoms with Gasteiger partial charge in [0.2, 0.25) is 0 Å². The molecule has 0 saturated heterocycles. The Balaban J connectivity index is 2.20. The van der Waals surface area contributed by atoms with Gasteiger partial charge in [0.05, 0.1) is 0 Å². The molecule has 2 aliphatic carbocycles. The van der Waals surface area contributed by atoms with E-state index in [2.05, 4.69) is 35.6 Å². The van der Waals surface area contributed by atoms with Crippen molar-refractivity contribution >= 4 is 22.6 Å². The standard InChI is InChI=1S/C13H21IO/c1-3-10-7-11-5-4-6-13(8-10,9-11)12(14)15-2/h3,11-12H,4-9H2,1-2H3/b10-3-/t11?,12?,13-/m0/s1. The van der Waals surface area contributed by atoms with Crippen LogP contribution in [0.15, 0.2) is 11.6 Å². The molecule has 2 saturated carbocycles. The summed E-state index contributed by atoms with van der Waals surface area (Å²) in [5, 5.41) is 0. The summed E-state index contributed by atoms with van der Waals surface area (Å²) in [7, 11) is 1.86. The zero-order chi connectivity index (χ0) is 10.9. The average molecular weight is 320 g/mol. The van der Waals surface area contributed by atoms with Gasteiger partial charge in [0.1, 0.15) is 4.11 Å². The minimum Gasteiger partial charge on any atom is -0.371 e. The van der Waals surface area contributed by atoms with Crippen LogP contribution in [-0.4, -0.2) is 11.2 Å². The number of hydrogen-bond donors (Lipinski definition) is 0. The molecule has 2 fully saturated rings. The summed E-state index contributed by atoms with van der Waals surface area (Å²) in [5.41, 5.74) is 2.13.